The lowest BCUT2D eigenvalue weighted by Crippen LogP contribution is -2.07. The molecule has 0 aliphatic heterocycles. The Hall–Kier alpha value is -2.02. The van der Waals surface area contributed by atoms with E-state index < -0.39 is 4.92 Å². The standard InChI is InChI=1S/C10H10ClN5O2/c1-7(11)10-12-13-14-15(10)6-8-3-2-4-9(5-8)16(17)18/h2-5,7H,6H2,1H3. The van der Waals surface area contributed by atoms with Gasteiger partial charge < -0.3 is 0 Å². The molecule has 0 N–H and O–H groups in total. The second-order valence-corrected chi connectivity index (χ2v) is 4.39. The number of hydrogen-bond acceptors (Lipinski definition) is 5. The fourth-order valence-electron chi connectivity index (χ4n) is 1.55. The van der Waals surface area contributed by atoms with Gasteiger partial charge in [-0.25, -0.2) is 4.68 Å². The number of hydrogen-bond donors (Lipinski definition) is 0. The van der Waals surface area contributed by atoms with E-state index in [1.165, 1.54) is 16.8 Å². The third-order valence-electron chi connectivity index (χ3n) is 2.37. The van der Waals surface area contributed by atoms with E-state index in [0.29, 0.717) is 12.4 Å². The van der Waals surface area contributed by atoms with Gasteiger partial charge in [0.15, 0.2) is 5.82 Å². The lowest BCUT2D eigenvalue weighted by molar-refractivity contribution is -0.384. The molecule has 2 aromatic rings. The molecule has 0 saturated carbocycles. The van der Waals surface area contributed by atoms with E-state index in [9.17, 15) is 10.1 Å². The molecule has 0 aliphatic carbocycles. The van der Waals surface area contributed by atoms with Crippen LogP contribution in [0.2, 0.25) is 0 Å². The average molecular weight is 268 g/mol. The number of nitro benzene ring substituents is 1. The molecule has 8 heteroatoms. The zero-order chi connectivity index (χ0) is 13.1. The average Bonchev–Trinajstić information content (AvgIpc) is 2.77. The molecule has 7 nitrogen and oxygen atoms in total. The molecule has 18 heavy (non-hydrogen) atoms. The summed E-state index contributed by atoms with van der Waals surface area (Å²) < 4.78 is 1.52. The van der Waals surface area contributed by atoms with Crippen LogP contribution in [0.3, 0.4) is 0 Å². The minimum absolute atomic E-state index is 0.0426. The Kier molecular flexibility index (Phi) is 3.52. The van der Waals surface area contributed by atoms with Crippen LogP contribution in [-0.2, 0) is 6.54 Å². The largest absolute Gasteiger partial charge is 0.269 e. The molecular weight excluding hydrogens is 258 g/mol. The maximum Gasteiger partial charge on any atom is 0.269 e. The number of benzene rings is 1. The molecule has 0 aliphatic rings. The number of aromatic nitrogens is 4. The van der Waals surface area contributed by atoms with Crippen LogP contribution in [-0.4, -0.2) is 25.1 Å². The number of alkyl halides is 1. The van der Waals surface area contributed by atoms with E-state index in [0.717, 1.165) is 5.56 Å². The summed E-state index contributed by atoms with van der Waals surface area (Å²) in [5.41, 5.74) is 0.788. The molecule has 1 aromatic heterocycles. The summed E-state index contributed by atoms with van der Waals surface area (Å²) in [6, 6.07) is 6.33. The van der Waals surface area contributed by atoms with E-state index in [2.05, 4.69) is 15.5 Å². The van der Waals surface area contributed by atoms with Gasteiger partial charge in [0, 0.05) is 12.1 Å². The molecule has 0 fully saturated rings. The van der Waals surface area contributed by atoms with E-state index in [1.807, 2.05) is 0 Å². The molecular formula is C10H10ClN5O2. The van der Waals surface area contributed by atoms with E-state index in [4.69, 9.17) is 11.6 Å². The van der Waals surface area contributed by atoms with Crippen molar-refractivity contribution in [1.82, 2.24) is 20.2 Å². The highest BCUT2D eigenvalue weighted by molar-refractivity contribution is 6.20. The molecule has 1 aromatic carbocycles. The summed E-state index contributed by atoms with van der Waals surface area (Å²) in [6.45, 7) is 2.11. The Bertz CT molecular complexity index is 569. The van der Waals surface area contributed by atoms with Crippen molar-refractivity contribution in [1.29, 1.82) is 0 Å². The van der Waals surface area contributed by atoms with E-state index in [1.54, 1.807) is 19.1 Å². The fourth-order valence-corrected chi connectivity index (χ4v) is 1.71. The van der Waals surface area contributed by atoms with E-state index >= 15 is 0 Å². The summed E-state index contributed by atoms with van der Waals surface area (Å²) >= 11 is 5.93. The van der Waals surface area contributed by atoms with Crippen LogP contribution in [0.25, 0.3) is 0 Å². The normalized spacial score (nSPS) is 12.3. The van der Waals surface area contributed by atoms with Crippen LogP contribution in [0.1, 0.15) is 23.7 Å². The van der Waals surface area contributed by atoms with Crippen molar-refractivity contribution in [3.05, 3.63) is 45.8 Å². The maximum absolute atomic E-state index is 10.7. The molecule has 0 saturated heterocycles. The summed E-state index contributed by atoms with van der Waals surface area (Å²) in [5.74, 6) is 0.531. The summed E-state index contributed by atoms with van der Waals surface area (Å²) in [5, 5.41) is 21.5. The number of nitro groups is 1. The zero-order valence-electron chi connectivity index (χ0n) is 9.52. The molecule has 0 spiro atoms. The van der Waals surface area contributed by atoms with Gasteiger partial charge in [0.1, 0.15) is 0 Å². The van der Waals surface area contributed by atoms with Crippen molar-refractivity contribution in [3.8, 4) is 0 Å². The van der Waals surface area contributed by atoms with Gasteiger partial charge in [-0.3, -0.25) is 10.1 Å². The van der Waals surface area contributed by atoms with Gasteiger partial charge in [-0.15, -0.1) is 16.7 Å². The topological polar surface area (TPSA) is 86.7 Å². The number of nitrogens with zero attached hydrogens (tertiary/aromatic N) is 5. The Labute approximate surface area is 108 Å². The van der Waals surface area contributed by atoms with Gasteiger partial charge in [0.05, 0.1) is 16.8 Å². The lowest BCUT2D eigenvalue weighted by atomic mass is 10.2. The number of rotatable bonds is 4. The van der Waals surface area contributed by atoms with Crippen LogP contribution in [0.15, 0.2) is 24.3 Å². The minimum atomic E-state index is -0.436. The first-order valence-corrected chi connectivity index (χ1v) is 5.65. The molecule has 1 heterocycles. The van der Waals surface area contributed by atoms with Gasteiger partial charge in [-0.05, 0) is 22.9 Å². The molecule has 0 bridgehead atoms. The third kappa shape index (κ3) is 2.62. The van der Waals surface area contributed by atoms with Crippen molar-refractivity contribution in [2.24, 2.45) is 0 Å². The molecule has 2 rings (SSSR count). The Morgan fingerprint density at radius 2 is 2.33 bits per heavy atom. The summed E-state index contributed by atoms with van der Waals surface area (Å²) in [7, 11) is 0. The van der Waals surface area contributed by atoms with E-state index in [-0.39, 0.29) is 11.1 Å². The monoisotopic (exact) mass is 267 g/mol. The van der Waals surface area contributed by atoms with Crippen molar-refractivity contribution in [2.45, 2.75) is 18.8 Å². The highest BCUT2D eigenvalue weighted by Gasteiger charge is 2.13. The SMILES string of the molecule is CC(Cl)c1nnnn1Cc1cccc([N+](=O)[O-])c1. The second-order valence-electron chi connectivity index (χ2n) is 3.74. The quantitative estimate of drug-likeness (QED) is 0.480. The fraction of sp³-hybridized carbons (Fsp3) is 0.300. The van der Waals surface area contributed by atoms with Gasteiger partial charge in [0.25, 0.3) is 5.69 Å². The van der Waals surface area contributed by atoms with Gasteiger partial charge in [-0.1, -0.05) is 12.1 Å². The second kappa shape index (κ2) is 5.09. The van der Waals surface area contributed by atoms with Crippen LogP contribution in [0.5, 0.6) is 0 Å². The molecule has 1 atom stereocenters. The highest BCUT2D eigenvalue weighted by atomic mass is 35.5. The lowest BCUT2D eigenvalue weighted by Gasteiger charge is -2.05. The van der Waals surface area contributed by atoms with Crippen molar-refractivity contribution >= 4 is 17.3 Å². The summed E-state index contributed by atoms with van der Waals surface area (Å²) in [4.78, 5) is 10.2. The van der Waals surface area contributed by atoms with Gasteiger partial charge >= 0.3 is 0 Å². The predicted octanol–water partition coefficient (Wildman–Crippen LogP) is 1.93. The number of non-ortho nitro benzene ring substituents is 1. The van der Waals surface area contributed by atoms with Crippen LogP contribution >= 0.6 is 11.6 Å². The molecule has 0 radical (unpaired) electrons. The third-order valence-corrected chi connectivity index (χ3v) is 2.56. The first kappa shape index (κ1) is 12.4. The zero-order valence-corrected chi connectivity index (χ0v) is 10.3. The minimum Gasteiger partial charge on any atom is -0.258 e. The Morgan fingerprint density at radius 3 is 3.00 bits per heavy atom. The highest BCUT2D eigenvalue weighted by Crippen LogP contribution is 2.18. The molecule has 1 unspecified atom stereocenters. The van der Waals surface area contributed by atoms with Crippen LogP contribution < -0.4 is 0 Å². The summed E-state index contributed by atoms with van der Waals surface area (Å²) in [6.07, 6.45) is 0. The van der Waals surface area contributed by atoms with Crippen LogP contribution in [0.4, 0.5) is 5.69 Å². The van der Waals surface area contributed by atoms with Crippen molar-refractivity contribution < 1.29 is 4.92 Å². The van der Waals surface area contributed by atoms with Gasteiger partial charge in [-0.2, -0.15) is 0 Å². The van der Waals surface area contributed by atoms with Crippen molar-refractivity contribution in [2.75, 3.05) is 0 Å². The Morgan fingerprint density at radius 1 is 1.56 bits per heavy atom. The smallest absolute Gasteiger partial charge is 0.258 e. The first-order chi connectivity index (χ1) is 8.58. The maximum atomic E-state index is 10.7. The predicted molar refractivity (Wildman–Crippen MR) is 64.3 cm³/mol. The molecule has 94 valence electrons. The van der Waals surface area contributed by atoms with Gasteiger partial charge in [0.2, 0.25) is 0 Å². The van der Waals surface area contributed by atoms with Crippen molar-refractivity contribution in [3.63, 3.8) is 0 Å². The van der Waals surface area contributed by atoms with Crippen LogP contribution in [0, 0.1) is 10.1 Å². The number of tetrazole rings is 1. The Balaban J connectivity index is 2.26. The number of halogens is 1. The first-order valence-electron chi connectivity index (χ1n) is 5.21. The molecule has 0 amide bonds.